The summed E-state index contributed by atoms with van der Waals surface area (Å²) >= 11 is 0. The van der Waals surface area contributed by atoms with Crippen LogP contribution in [0.4, 0.5) is 30.7 Å². The van der Waals surface area contributed by atoms with E-state index < -0.39 is 43.8 Å². The minimum atomic E-state index is -5.48. The smallest absolute Gasteiger partial charge is 0.419 e. The van der Waals surface area contributed by atoms with E-state index >= 15 is 0 Å². The van der Waals surface area contributed by atoms with Crippen LogP contribution in [0.3, 0.4) is 0 Å². The molecular weight excluding hydrogens is 289 g/mol. The number of hydrogen-bond acceptors (Lipinski definition) is 3. The summed E-state index contributed by atoms with van der Waals surface area (Å²) in [7, 11) is 0. The summed E-state index contributed by atoms with van der Waals surface area (Å²) in [5, 5.41) is 0. The Balaban J connectivity index is 4.36. The molecule has 0 aliphatic rings. The van der Waals surface area contributed by atoms with E-state index in [4.69, 9.17) is 0 Å². The van der Waals surface area contributed by atoms with Crippen molar-refractivity contribution in [2.75, 3.05) is 13.2 Å². The second kappa shape index (κ2) is 6.22. The van der Waals surface area contributed by atoms with Gasteiger partial charge in [-0.15, -0.1) is 0 Å². The molecule has 0 saturated heterocycles. The van der Waals surface area contributed by atoms with Crippen LogP contribution in [-0.2, 0) is 14.3 Å². The third kappa shape index (κ3) is 6.41. The average Bonchev–Trinajstić information content (AvgIpc) is 2.20. The van der Waals surface area contributed by atoms with Crippen molar-refractivity contribution >= 4 is 5.97 Å². The van der Waals surface area contributed by atoms with Gasteiger partial charge in [0, 0.05) is 6.08 Å². The van der Waals surface area contributed by atoms with Gasteiger partial charge in [-0.2, -0.15) is 30.7 Å². The highest BCUT2D eigenvalue weighted by atomic mass is 19.4. The van der Waals surface area contributed by atoms with Crippen molar-refractivity contribution in [2.24, 2.45) is 0 Å². The zero-order chi connectivity index (χ0) is 15.3. The van der Waals surface area contributed by atoms with Gasteiger partial charge in [-0.1, -0.05) is 6.58 Å². The molecule has 19 heavy (non-hydrogen) atoms. The van der Waals surface area contributed by atoms with Crippen molar-refractivity contribution < 1.29 is 45.0 Å². The molecule has 0 aromatic heterocycles. The zero-order valence-electron chi connectivity index (χ0n) is 9.28. The van der Waals surface area contributed by atoms with Gasteiger partial charge in [0.1, 0.15) is 13.0 Å². The molecule has 0 atom stereocenters. The van der Waals surface area contributed by atoms with Crippen molar-refractivity contribution in [3.05, 3.63) is 12.7 Å². The van der Waals surface area contributed by atoms with Crippen molar-refractivity contribution in [3.8, 4) is 0 Å². The summed E-state index contributed by atoms with van der Waals surface area (Å²) in [5.41, 5.74) is 0. The molecule has 0 bridgehead atoms. The van der Waals surface area contributed by atoms with E-state index in [0.29, 0.717) is 6.08 Å². The first kappa shape index (κ1) is 17.7. The van der Waals surface area contributed by atoms with Crippen molar-refractivity contribution in [1.29, 1.82) is 0 Å². The van der Waals surface area contributed by atoms with E-state index in [1.54, 1.807) is 0 Å². The van der Waals surface area contributed by atoms with Crippen LogP contribution in [0.5, 0.6) is 0 Å². The SMILES string of the molecule is C=CC(=O)OCCOC(F)(F)C(F)(F)CC(F)(F)F. The molecule has 0 saturated carbocycles. The van der Waals surface area contributed by atoms with E-state index in [1.807, 2.05) is 0 Å². The lowest BCUT2D eigenvalue weighted by molar-refractivity contribution is -0.366. The highest BCUT2D eigenvalue weighted by Gasteiger charge is 2.62. The lowest BCUT2D eigenvalue weighted by atomic mass is 10.2. The Morgan fingerprint density at radius 3 is 2.00 bits per heavy atom. The maximum atomic E-state index is 12.7. The number of rotatable bonds is 7. The second-order valence-corrected chi connectivity index (χ2v) is 3.23. The number of carbonyl (C=O) groups excluding carboxylic acids is 1. The molecule has 0 unspecified atom stereocenters. The van der Waals surface area contributed by atoms with Gasteiger partial charge in [0.25, 0.3) is 0 Å². The Kier molecular flexibility index (Phi) is 5.79. The highest BCUT2D eigenvalue weighted by Crippen LogP contribution is 2.42. The molecule has 0 aromatic carbocycles. The minimum absolute atomic E-state index is 0.677. The van der Waals surface area contributed by atoms with Crippen LogP contribution in [0.2, 0.25) is 0 Å². The zero-order valence-corrected chi connectivity index (χ0v) is 9.28. The minimum Gasteiger partial charge on any atom is -0.460 e. The second-order valence-electron chi connectivity index (χ2n) is 3.23. The van der Waals surface area contributed by atoms with Gasteiger partial charge in [-0.3, -0.25) is 0 Å². The monoisotopic (exact) mass is 298 g/mol. The summed E-state index contributed by atoms with van der Waals surface area (Å²) < 4.78 is 93.1. The normalized spacial score (nSPS) is 13.2. The number of alkyl halides is 7. The Bertz CT molecular complexity index is 324. The largest absolute Gasteiger partial charge is 0.460 e. The quantitative estimate of drug-likeness (QED) is 0.314. The lowest BCUT2D eigenvalue weighted by Crippen LogP contribution is -2.46. The van der Waals surface area contributed by atoms with Crippen LogP contribution in [0.25, 0.3) is 0 Å². The maximum Gasteiger partial charge on any atom is 0.419 e. The Morgan fingerprint density at radius 1 is 1.05 bits per heavy atom. The molecule has 10 heteroatoms. The molecule has 0 aliphatic carbocycles. The summed E-state index contributed by atoms with van der Waals surface area (Å²) in [6.45, 7) is 0.934. The molecule has 0 N–H and O–H groups in total. The Hall–Kier alpha value is -1.32. The molecule has 0 aliphatic heterocycles. The van der Waals surface area contributed by atoms with Crippen molar-refractivity contribution in [1.82, 2.24) is 0 Å². The fourth-order valence-electron chi connectivity index (χ4n) is 0.831. The van der Waals surface area contributed by atoms with Gasteiger partial charge in [0.2, 0.25) is 0 Å². The first-order chi connectivity index (χ1) is 8.41. The van der Waals surface area contributed by atoms with Gasteiger partial charge in [-0.25, -0.2) is 4.79 Å². The third-order valence-corrected chi connectivity index (χ3v) is 1.63. The molecular formula is C9H9F7O3. The molecule has 0 spiro atoms. The number of halogens is 7. The standard InChI is InChI=1S/C9H9F7O3/c1-2-6(17)18-3-4-19-9(15,16)7(10,11)5-8(12,13)14/h2H,1,3-5H2. The summed E-state index contributed by atoms with van der Waals surface area (Å²) in [4.78, 5) is 10.4. The van der Waals surface area contributed by atoms with Crippen LogP contribution in [0.15, 0.2) is 12.7 Å². The maximum absolute atomic E-state index is 12.7. The number of ether oxygens (including phenoxy) is 2. The molecule has 0 fully saturated rings. The molecule has 0 aromatic rings. The fourth-order valence-corrected chi connectivity index (χ4v) is 0.831. The van der Waals surface area contributed by atoms with Gasteiger partial charge < -0.3 is 9.47 Å². The van der Waals surface area contributed by atoms with E-state index in [0.717, 1.165) is 0 Å². The molecule has 3 nitrogen and oxygen atoms in total. The Labute approximate surface area is 103 Å². The molecule has 0 rings (SSSR count). The van der Waals surface area contributed by atoms with Gasteiger partial charge in [0.15, 0.2) is 0 Å². The topological polar surface area (TPSA) is 35.5 Å². The van der Waals surface area contributed by atoms with E-state index in [2.05, 4.69) is 16.1 Å². The predicted molar refractivity (Wildman–Crippen MR) is 47.7 cm³/mol. The van der Waals surface area contributed by atoms with Crippen LogP contribution >= 0.6 is 0 Å². The lowest BCUT2D eigenvalue weighted by Gasteiger charge is -2.26. The first-order valence-corrected chi connectivity index (χ1v) is 4.67. The van der Waals surface area contributed by atoms with E-state index in [-0.39, 0.29) is 0 Å². The van der Waals surface area contributed by atoms with Gasteiger partial charge >= 0.3 is 24.2 Å². The van der Waals surface area contributed by atoms with Crippen molar-refractivity contribution in [2.45, 2.75) is 24.6 Å². The van der Waals surface area contributed by atoms with Crippen LogP contribution in [-0.4, -0.2) is 37.4 Å². The number of esters is 1. The summed E-state index contributed by atoms with van der Waals surface area (Å²) in [5.74, 6) is -6.44. The van der Waals surface area contributed by atoms with E-state index in [9.17, 15) is 35.5 Å². The first-order valence-electron chi connectivity index (χ1n) is 4.67. The number of carbonyl (C=O) groups is 1. The van der Waals surface area contributed by atoms with Crippen LogP contribution in [0, 0.1) is 0 Å². The molecule has 112 valence electrons. The summed E-state index contributed by atoms with van der Waals surface area (Å²) in [6.07, 6.45) is -13.2. The van der Waals surface area contributed by atoms with Gasteiger partial charge in [0.05, 0.1) is 6.61 Å². The molecule has 0 amide bonds. The number of hydrogen-bond donors (Lipinski definition) is 0. The van der Waals surface area contributed by atoms with Crippen LogP contribution < -0.4 is 0 Å². The van der Waals surface area contributed by atoms with Crippen LogP contribution in [0.1, 0.15) is 6.42 Å². The third-order valence-electron chi connectivity index (χ3n) is 1.63. The molecule has 0 heterocycles. The van der Waals surface area contributed by atoms with Crippen molar-refractivity contribution in [3.63, 3.8) is 0 Å². The predicted octanol–water partition coefficient (Wildman–Crippen LogP) is 2.91. The van der Waals surface area contributed by atoms with E-state index in [1.165, 1.54) is 0 Å². The average molecular weight is 298 g/mol. The highest BCUT2D eigenvalue weighted by molar-refractivity contribution is 5.81. The Morgan fingerprint density at radius 2 is 1.58 bits per heavy atom. The fraction of sp³-hybridized carbons (Fsp3) is 0.667. The summed E-state index contributed by atoms with van der Waals surface area (Å²) in [6, 6.07) is 0. The van der Waals surface area contributed by atoms with Gasteiger partial charge in [-0.05, 0) is 0 Å². The molecule has 0 radical (unpaired) electrons.